The Morgan fingerprint density at radius 3 is 2.70 bits per heavy atom. The summed E-state index contributed by atoms with van der Waals surface area (Å²) in [5.41, 5.74) is 0.947. The van der Waals surface area contributed by atoms with Gasteiger partial charge in [0, 0.05) is 12.5 Å². The Hall–Kier alpha value is -2.41. The van der Waals surface area contributed by atoms with Crippen molar-refractivity contribution in [3.8, 4) is 0 Å². The van der Waals surface area contributed by atoms with Crippen molar-refractivity contribution < 1.29 is 24.2 Å². The summed E-state index contributed by atoms with van der Waals surface area (Å²) in [5, 5.41) is 14.6. The van der Waals surface area contributed by atoms with Crippen LogP contribution < -0.4 is 10.6 Å². The van der Waals surface area contributed by atoms with E-state index in [-0.39, 0.29) is 18.7 Å². The monoisotopic (exact) mass is 320 g/mol. The Bertz CT molecular complexity index is 575. The third-order valence-corrected chi connectivity index (χ3v) is 3.82. The molecule has 23 heavy (non-hydrogen) atoms. The van der Waals surface area contributed by atoms with Gasteiger partial charge in [0.05, 0.1) is 19.6 Å². The van der Waals surface area contributed by atoms with Gasteiger partial charge in [0.25, 0.3) is 0 Å². The van der Waals surface area contributed by atoms with Gasteiger partial charge in [-0.25, -0.2) is 0 Å². The summed E-state index contributed by atoms with van der Waals surface area (Å²) in [6, 6.07) is 7.81. The molecule has 0 bridgehead atoms. The van der Waals surface area contributed by atoms with Gasteiger partial charge in [-0.15, -0.1) is 0 Å². The predicted molar refractivity (Wildman–Crippen MR) is 81.7 cm³/mol. The number of nitrogens with one attached hydrogen (secondary N) is 2. The molecule has 1 aliphatic rings. The second-order valence-corrected chi connectivity index (χ2v) is 5.51. The van der Waals surface area contributed by atoms with Gasteiger partial charge in [-0.05, 0) is 12.0 Å². The first-order chi connectivity index (χ1) is 11.0. The summed E-state index contributed by atoms with van der Waals surface area (Å²) in [4.78, 5) is 34.5. The second-order valence-electron chi connectivity index (χ2n) is 5.51. The van der Waals surface area contributed by atoms with E-state index in [2.05, 4.69) is 10.6 Å². The number of benzene rings is 1. The Morgan fingerprint density at radius 2 is 2.09 bits per heavy atom. The number of carbonyl (C=O) groups excluding carboxylic acids is 2. The van der Waals surface area contributed by atoms with Gasteiger partial charge in [-0.3, -0.25) is 19.7 Å². The molecule has 1 amide bonds. The van der Waals surface area contributed by atoms with E-state index in [1.54, 1.807) is 0 Å². The fraction of sp³-hybridized carbons (Fsp3) is 0.438. The molecule has 1 aromatic carbocycles. The molecule has 1 heterocycles. The molecular weight excluding hydrogens is 300 g/mol. The number of aliphatic carboxylic acids is 1. The van der Waals surface area contributed by atoms with Crippen LogP contribution in [0.4, 0.5) is 0 Å². The highest BCUT2D eigenvalue weighted by molar-refractivity contribution is 5.82. The lowest BCUT2D eigenvalue weighted by molar-refractivity contribution is -0.143. The third-order valence-electron chi connectivity index (χ3n) is 3.82. The summed E-state index contributed by atoms with van der Waals surface area (Å²) < 4.78 is 4.81. The number of carboxylic acid groups (broad SMARTS) is 1. The van der Waals surface area contributed by atoms with Crippen molar-refractivity contribution in [2.75, 3.05) is 7.11 Å². The van der Waals surface area contributed by atoms with Crippen LogP contribution in [0.3, 0.4) is 0 Å². The van der Waals surface area contributed by atoms with E-state index in [4.69, 9.17) is 9.84 Å². The number of carbonyl (C=O) groups is 3. The average molecular weight is 320 g/mol. The van der Waals surface area contributed by atoms with Crippen LogP contribution in [0, 0.1) is 0 Å². The fourth-order valence-corrected chi connectivity index (χ4v) is 2.73. The van der Waals surface area contributed by atoms with Crippen LogP contribution >= 0.6 is 0 Å². The topological polar surface area (TPSA) is 105 Å². The summed E-state index contributed by atoms with van der Waals surface area (Å²) in [7, 11) is 1.30. The molecule has 1 saturated heterocycles. The van der Waals surface area contributed by atoms with Crippen LogP contribution in [0.2, 0.25) is 0 Å². The number of esters is 1. The lowest BCUT2D eigenvalue weighted by atomic mass is 10.0. The molecule has 1 aromatic rings. The van der Waals surface area contributed by atoms with Crippen molar-refractivity contribution >= 4 is 17.8 Å². The average Bonchev–Trinajstić information content (AvgIpc) is 2.85. The summed E-state index contributed by atoms with van der Waals surface area (Å²) in [6.45, 7) is 0. The van der Waals surface area contributed by atoms with Gasteiger partial charge in [0.15, 0.2) is 0 Å². The largest absolute Gasteiger partial charge is 0.481 e. The Morgan fingerprint density at radius 1 is 1.39 bits per heavy atom. The zero-order valence-corrected chi connectivity index (χ0v) is 12.8. The van der Waals surface area contributed by atoms with Crippen molar-refractivity contribution in [2.45, 2.75) is 37.4 Å². The minimum Gasteiger partial charge on any atom is -0.481 e. The van der Waals surface area contributed by atoms with Crippen LogP contribution in [0.15, 0.2) is 30.3 Å². The van der Waals surface area contributed by atoms with Crippen LogP contribution in [-0.2, 0) is 25.5 Å². The number of amides is 1. The van der Waals surface area contributed by atoms with Crippen LogP contribution in [-0.4, -0.2) is 48.2 Å². The number of ether oxygens (including phenoxy) is 1. The maximum Gasteiger partial charge on any atom is 0.323 e. The van der Waals surface area contributed by atoms with Crippen molar-refractivity contribution in [1.82, 2.24) is 10.6 Å². The first-order valence-electron chi connectivity index (χ1n) is 7.38. The molecule has 0 spiro atoms. The molecule has 0 aliphatic carbocycles. The highest BCUT2D eigenvalue weighted by atomic mass is 16.5. The van der Waals surface area contributed by atoms with E-state index in [0.29, 0.717) is 6.42 Å². The van der Waals surface area contributed by atoms with E-state index < -0.39 is 30.1 Å². The number of rotatable bonds is 7. The van der Waals surface area contributed by atoms with E-state index >= 15 is 0 Å². The van der Waals surface area contributed by atoms with Crippen molar-refractivity contribution in [2.24, 2.45) is 0 Å². The van der Waals surface area contributed by atoms with E-state index in [0.717, 1.165) is 5.56 Å². The Labute approximate surface area is 134 Å². The van der Waals surface area contributed by atoms with E-state index in [1.165, 1.54) is 7.11 Å². The highest BCUT2D eigenvalue weighted by Crippen LogP contribution is 2.14. The molecule has 0 radical (unpaired) electrons. The molecule has 1 aliphatic heterocycles. The van der Waals surface area contributed by atoms with E-state index in [9.17, 15) is 14.4 Å². The van der Waals surface area contributed by atoms with Gasteiger partial charge in [-0.1, -0.05) is 30.3 Å². The summed E-state index contributed by atoms with van der Waals surface area (Å²) in [5.74, 6) is -1.67. The quantitative estimate of drug-likeness (QED) is 0.615. The van der Waals surface area contributed by atoms with Gasteiger partial charge >= 0.3 is 11.9 Å². The van der Waals surface area contributed by atoms with Crippen molar-refractivity contribution in [3.63, 3.8) is 0 Å². The maximum absolute atomic E-state index is 12.0. The first-order valence-corrected chi connectivity index (χ1v) is 7.38. The predicted octanol–water partition coefficient (Wildman–Crippen LogP) is 0.0921. The second kappa shape index (κ2) is 7.73. The molecule has 0 saturated carbocycles. The normalized spacial score (nSPS) is 21.5. The number of methoxy groups -OCH3 is 1. The maximum atomic E-state index is 12.0. The molecule has 3 atom stereocenters. The minimum absolute atomic E-state index is 0.139. The zero-order chi connectivity index (χ0) is 16.8. The smallest absolute Gasteiger partial charge is 0.323 e. The van der Waals surface area contributed by atoms with Crippen molar-refractivity contribution in [3.05, 3.63) is 35.9 Å². The Balaban J connectivity index is 2.08. The van der Waals surface area contributed by atoms with Crippen molar-refractivity contribution in [1.29, 1.82) is 0 Å². The van der Waals surface area contributed by atoms with Gasteiger partial charge < -0.3 is 15.2 Å². The molecule has 124 valence electrons. The van der Waals surface area contributed by atoms with Gasteiger partial charge in [0.1, 0.15) is 6.04 Å². The van der Waals surface area contributed by atoms with Crippen LogP contribution in [0.25, 0.3) is 0 Å². The minimum atomic E-state index is -0.998. The lowest BCUT2D eigenvalue weighted by Crippen LogP contribution is -2.50. The molecule has 7 nitrogen and oxygen atoms in total. The molecule has 1 unspecified atom stereocenters. The number of carboxylic acids is 1. The SMILES string of the molecule is COC(=O)C(Cc1ccccc1)N[C@@H]1CC(=O)N[C@H]1CC(=O)O. The summed E-state index contributed by atoms with van der Waals surface area (Å²) >= 11 is 0. The zero-order valence-electron chi connectivity index (χ0n) is 12.8. The lowest BCUT2D eigenvalue weighted by Gasteiger charge is -2.24. The molecule has 2 rings (SSSR count). The molecular formula is C16H20N2O5. The third kappa shape index (κ3) is 4.79. The first kappa shape index (κ1) is 17.0. The van der Waals surface area contributed by atoms with Gasteiger partial charge in [0.2, 0.25) is 5.91 Å². The van der Waals surface area contributed by atoms with Gasteiger partial charge in [-0.2, -0.15) is 0 Å². The molecule has 7 heteroatoms. The number of hydrogen-bond acceptors (Lipinski definition) is 5. The highest BCUT2D eigenvalue weighted by Gasteiger charge is 2.36. The molecule has 1 fully saturated rings. The van der Waals surface area contributed by atoms with E-state index in [1.807, 2.05) is 30.3 Å². The Kier molecular flexibility index (Phi) is 5.70. The molecule has 3 N–H and O–H groups in total. The standard InChI is InChI=1S/C16H20N2O5/c1-23-16(22)13(7-10-5-3-2-4-6-10)17-11-8-14(19)18-12(11)9-15(20)21/h2-6,11-13,17H,7-9H2,1H3,(H,18,19)(H,20,21)/t11-,12+,13?/m1/s1. The fourth-order valence-electron chi connectivity index (χ4n) is 2.73. The molecule has 0 aromatic heterocycles. The number of hydrogen-bond donors (Lipinski definition) is 3. The van der Waals surface area contributed by atoms with Crippen LogP contribution in [0.5, 0.6) is 0 Å². The van der Waals surface area contributed by atoms with Crippen LogP contribution in [0.1, 0.15) is 18.4 Å². The summed E-state index contributed by atoms with van der Waals surface area (Å²) in [6.07, 6.45) is 0.348.